The van der Waals surface area contributed by atoms with Gasteiger partial charge in [-0.3, -0.25) is 4.79 Å². The Kier molecular flexibility index (Phi) is 3.79. The summed E-state index contributed by atoms with van der Waals surface area (Å²) < 4.78 is 2.20. The number of anilines is 1. The highest BCUT2D eigenvalue weighted by atomic mass is 16.3. The predicted octanol–water partition coefficient (Wildman–Crippen LogP) is 2.30. The zero-order valence-electron chi connectivity index (χ0n) is 15.7. The highest BCUT2D eigenvalue weighted by molar-refractivity contribution is 5.81. The van der Waals surface area contributed by atoms with E-state index in [1.54, 1.807) is 0 Å². The number of fused-ring (bicyclic) bond motifs is 4. The highest BCUT2D eigenvalue weighted by Crippen LogP contribution is 2.47. The molecule has 1 saturated heterocycles. The van der Waals surface area contributed by atoms with Gasteiger partial charge in [0, 0.05) is 37.9 Å². The van der Waals surface area contributed by atoms with Crippen LogP contribution in [0.15, 0.2) is 36.7 Å². The van der Waals surface area contributed by atoms with Gasteiger partial charge < -0.3 is 19.5 Å². The van der Waals surface area contributed by atoms with E-state index in [4.69, 9.17) is 0 Å². The van der Waals surface area contributed by atoms with Crippen LogP contribution in [0.4, 0.5) is 5.69 Å². The van der Waals surface area contributed by atoms with Gasteiger partial charge in [0.05, 0.1) is 17.5 Å². The van der Waals surface area contributed by atoms with Crippen molar-refractivity contribution >= 4 is 11.6 Å². The first-order valence-corrected chi connectivity index (χ1v) is 10.0. The van der Waals surface area contributed by atoms with Crippen molar-refractivity contribution in [3.63, 3.8) is 0 Å². The lowest BCUT2D eigenvalue weighted by molar-refractivity contribution is -0.141. The number of likely N-dealkylation sites (tertiary alicyclic amines) is 1. The van der Waals surface area contributed by atoms with Crippen molar-refractivity contribution in [2.24, 2.45) is 5.92 Å². The lowest BCUT2D eigenvalue weighted by Crippen LogP contribution is -2.53. The maximum absolute atomic E-state index is 12.9. The van der Waals surface area contributed by atoms with Gasteiger partial charge in [-0.1, -0.05) is 6.92 Å². The molecular weight excluding hydrogens is 340 g/mol. The van der Waals surface area contributed by atoms with Crippen LogP contribution in [-0.4, -0.2) is 51.2 Å². The van der Waals surface area contributed by atoms with E-state index in [1.807, 2.05) is 17.2 Å². The summed E-state index contributed by atoms with van der Waals surface area (Å²) in [4.78, 5) is 22.1. The zero-order chi connectivity index (χ0) is 18.6. The van der Waals surface area contributed by atoms with Crippen molar-refractivity contribution in [3.05, 3.63) is 42.4 Å². The van der Waals surface area contributed by atoms with Crippen LogP contribution >= 0.6 is 0 Å². The quantitative estimate of drug-likeness (QED) is 0.905. The number of aromatic nitrogens is 2. The molecule has 6 heteroatoms. The van der Waals surface area contributed by atoms with E-state index in [9.17, 15) is 9.90 Å². The van der Waals surface area contributed by atoms with E-state index in [2.05, 4.69) is 45.8 Å². The summed E-state index contributed by atoms with van der Waals surface area (Å²) in [6.07, 6.45) is 6.83. The topological polar surface area (TPSA) is 61.6 Å². The molecule has 3 aliphatic rings. The maximum Gasteiger partial charge on any atom is 0.225 e. The molecule has 1 saturated carbocycles. The smallest absolute Gasteiger partial charge is 0.225 e. The molecule has 2 aliphatic heterocycles. The Bertz CT molecular complexity index is 873. The van der Waals surface area contributed by atoms with Crippen LogP contribution in [0, 0.1) is 5.92 Å². The van der Waals surface area contributed by atoms with Gasteiger partial charge in [-0.25, -0.2) is 4.98 Å². The normalized spacial score (nSPS) is 28.8. The molecule has 1 N–H and O–H groups in total. The highest BCUT2D eigenvalue weighted by Gasteiger charge is 2.51. The third kappa shape index (κ3) is 2.35. The van der Waals surface area contributed by atoms with Gasteiger partial charge in [0.15, 0.2) is 5.82 Å². The van der Waals surface area contributed by atoms with Crippen molar-refractivity contribution in [2.75, 3.05) is 24.5 Å². The number of hydrogen-bond donors (Lipinski definition) is 1. The largest absolute Gasteiger partial charge is 0.393 e. The Labute approximate surface area is 159 Å². The average Bonchev–Trinajstić information content (AvgIpc) is 3.31. The third-order valence-corrected chi connectivity index (χ3v) is 6.50. The molecule has 0 radical (unpaired) electrons. The summed E-state index contributed by atoms with van der Waals surface area (Å²) in [7, 11) is 0. The Balaban J connectivity index is 1.54. The minimum atomic E-state index is -0.294. The summed E-state index contributed by atoms with van der Waals surface area (Å²) >= 11 is 0. The van der Waals surface area contributed by atoms with Crippen molar-refractivity contribution in [2.45, 2.75) is 44.2 Å². The average molecular weight is 366 g/mol. The molecule has 1 atom stereocenters. The molecule has 0 aromatic carbocycles. The van der Waals surface area contributed by atoms with Crippen LogP contribution in [0.3, 0.4) is 0 Å². The molecule has 2 fully saturated rings. The van der Waals surface area contributed by atoms with Crippen LogP contribution in [0.1, 0.15) is 38.3 Å². The number of carbonyl (C=O) groups is 1. The van der Waals surface area contributed by atoms with Crippen LogP contribution in [-0.2, 0) is 10.3 Å². The molecule has 27 heavy (non-hydrogen) atoms. The number of amides is 1. The lowest BCUT2D eigenvalue weighted by atomic mass is 9.81. The molecule has 142 valence electrons. The first-order chi connectivity index (χ1) is 13.1. The predicted molar refractivity (Wildman–Crippen MR) is 103 cm³/mol. The molecule has 0 bridgehead atoms. The van der Waals surface area contributed by atoms with E-state index in [1.165, 1.54) is 5.69 Å². The third-order valence-electron chi connectivity index (χ3n) is 6.50. The van der Waals surface area contributed by atoms with E-state index < -0.39 is 0 Å². The summed E-state index contributed by atoms with van der Waals surface area (Å²) in [6, 6.07) is 8.41. The monoisotopic (exact) mass is 366 g/mol. The molecule has 5 rings (SSSR count). The molecule has 2 aromatic rings. The first kappa shape index (κ1) is 16.8. The summed E-state index contributed by atoms with van der Waals surface area (Å²) in [5.74, 6) is 1.19. The van der Waals surface area contributed by atoms with E-state index in [-0.39, 0.29) is 23.5 Å². The summed E-state index contributed by atoms with van der Waals surface area (Å²) in [6.45, 7) is 4.61. The number of carbonyl (C=O) groups excluding carboxylic acids is 1. The second-order valence-corrected chi connectivity index (χ2v) is 8.12. The van der Waals surface area contributed by atoms with E-state index in [0.29, 0.717) is 19.4 Å². The van der Waals surface area contributed by atoms with Gasteiger partial charge in [0.25, 0.3) is 0 Å². The second kappa shape index (κ2) is 6.09. The standard InChI is InChI=1S/C21H26N4O2/c1-2-9-25-17-5-3-8-22-19(17)24-10-4-6-18(24)21(25)7-11-23(14-21)20(27)15-12-16(26)13-15/h3-6,8,10,15-16,26H,2,7,9,11-14H2,1H3/t15?,16?,21-/m1/s1. The Hall–Kier alpha value is -2.34. The van der Waals surface area contributed by atoms with Crippen LogP contribution in [0.5, 0.6) is 0 Å². The minimum absolute atomic E-state index is 0.000829. The van der Waals surface area contributed by atoms with Gasteiger partial charge >= 0.3 is 0 Å². The van der Waals surface area contributed by atoms with Crippen molar-refractivity contribution in [1.29, 1.82) is 0 Å². The number of nitrogens with zero attached hydrogens (tertiary/aromatic N) is 4. The Morgan fingerprint density at radius 2 is 2.19 bits per heavy atom. The fourth-order valence-electron chi connectivity index (χ4n) is 5.12. The molecular formula is C21H26N4O2. The van der Waals surface area contributed by atoms with Crippen LogP contribution in [0.25, 0.3) is 5.82 Å². The Morgan fingerprint density at radius 3 is 2.96 bits per heavy atom. The molecule has 2 aromatic heterocycles. The van der Waals surface area contributed by atoms with Crippen molar-refractivity contribution < 1.29 is 9.90 Å². The molecule has 1 spiro atoms. The van der Waals surface area contributed by atoms with Crippen LogP contribution in [0.2, 0.25) is 0 Å². The van der Waals surface area contributed by atoms with E-state index >= 15 is 0 Å². The minimum Gasteiger partial charge on any atom is -0.393 e. The van der Waals surface area contributed by atoms with Gasteiger partial charge in [-0.05, 0) is 49.9 Å². The molecule has 4 heterocycles. The fraction of sp³-hybridized carbons (Fsp3) is 0.524. The Morgan fingerprint density at radius 1 is 1.33 bits per heavy atom. The maximum atomic E-state index is 12.9. The number of aliphatic hydroxyl groups is 1. The second-order valence-electron chi connectivity index (χ2n) is 8.12. The van der Waals surface area contributed by atoms with Crippen LogP contribution < -0.4 is 4.90 Å². The van der Waals surface area contributed by atoms with Gasteiger partial charge in [-0.2, -0.15) is 0 Å². The fourth-order valence-corrected chi connectivity index (χ4v) is 5.12. The summed E-state index contributed by atoms with van der Waals surface area (Å²) in [5.41, 5.74) is 2.18. The first-order valence-electron chi connectivity index (χ1n) is 10.0. The SMILES string of the molecule is CCCN1c2cccnc2-n2cccc2[C@]12CCN(C(=O)C1CC(O)C1)C2. The number of hydrogen-bond acceptors (Lipinski definition) is 4. The van der Waals surface area contributed by atoms with Gasteiger partial charge in [0.1, 0.15) is 5.54 Å². The summed E-state index contributed by atoms with van der Waals surface area (Å²) in [5, 5.41) is 9.59. The molecule has 1 amide bonds. The van der Waals surface area contributed by atoms with Gasteiger partial charge in [0.2, 0.25) is 5.91 Å². The van der Waals surface area contributed by atoms with Crippen molar-refractivity contribution in [3.8, 4) is 5.82 Å². The molecule has 0 unspecified atom stereocenters. The molecule has 6 nitrogen and oxygen atoms in total. The lowest BCUT2D eigenvalue weighted by Gasteiger charge is -2.47. The van der Waals surface area contributed by atoms with Crippen molar-refractivity contribution in [1.82, 2.24) is 14.5 Å². The number of rotatable bonds is 3. The molecule has 1 aliphatic carbocycles. The van der Waals surface area contributed by atoms with Gasteiger partial charge in [-0.15, -0.1) is 0 Å². The van der Waals surface area contributed by atoms with E-state index in [0.717, 1.165) is 37.4 Å². The number of pyridine rings is 1. The number of aliphatic hydroxyl groups excluding tert-OH is 1. The zero-order valence-corrected chi connectivity index (χ0v) is 15.7.